The summed E-state index contributed by atoms with van der Waals surface area (Å²) in [4.78, 5) is 33.5. The molecule has 0 unspecified atom stereocenters. The van der Waals surface area contributed by atoms with Crippen molar-refractivity contribution in [2.75, 3.05) is 5.32 Å². The summed E-state index contributed by atoms with van der Waals surface area (Å²) in [7, 11) is 0. The largest absolute Gasteiger partial charge is 0.478 e. The molecule has 20 heavy (non-hydrogen) atoms. The molecule has 1 rings (SSSR count). The molecular formula is C13H13FN2O4. The number of amides is 2. The molecule has 0 aliphatic rings. The van der Waals surface area contributed by atoms with Gasteiger partial charge in [0.2, 0.25) is 5.91 Å². The van der Waals surface area contributed by atoms with Crippen molar-refractivity contribution >= 4 is 23.5 Å². The van der Waals surface area contributed by atoms with Gasteiger partial charge in [-0.25, -0.2) is 9.18 Å². The Morgan fingerprint density at radius 2 is 1.80 bits per heavy atom. The normalized spacial score (nSPS) is 11.6. The van der Waals surface area contributed by atoms with E-state index in [1.807, 2.05) is 0 Å². The summed E-state index contributed by atoms with van der Waals surface area (Å²) in [5, 5.41) is 11.0. The van der Waals surface area contributed by atoms with E-state index < -0.39 is 23.6 Å². The Balaban J connectivity index is 3.08. The van der Waals surface area contributed by atoms with Crippen molar-refractivity contribution < 1.29 is 23.9 Å². The van der Waals surface area contributed by atoms with Crippen LogP contribution in [0.3, 0.4) is 0 Å². The van der Waals surface area contributed by atoms with Crippen molar-refractivity contribution in [2.45, 2.75) is 13.8 Å². The van der Waals surface area contributed by atoms with Crippen LogP contribution in [0.4, 0.5) is 10.1 Å². The average molecular weight is 280 g/mol. The minimum atomic E-state index is -1.25. The number of aliphatic carboxylic acids is 1. The first-order valence-corrected chi connectivity index (χ1v) is 5.55. The summed E-state index contributed by atoms with van der Waals surface area (Å²) in [6.45, 7) is 2.56. The zero-order valence-corrected chi connectivity index (χ0v) is 10.9. The summed E-state index contributed by atoms with van der Waals surface area (Å²) in [5.74, 6) is -3.55. The quantitative estimate of drug-likeness (QED) is 0.722. The lowest BCUT2D eigenvalue weighted by Crippen LogP contribution is -2.18. The van der Waals surface area contributed by atoms with Gasteiger partial charge in [-0.15, -0.1) is 0 Å². The van der Waals surface area contributed by atoms with E-state index in [-0.39, 0.29) is 22.4 Å². The van der Waals surface area contributed by atoms with Crippen molar-refractivity contribution in [3.05, 3.63) is 40.7 Å². The van der Waals surface area contributed by atoms with Crippen LogP contribution in [0, 0.1) is 5.82 Å². The van der Waals surface area contributed by atoms with Crippen LogP contribution in [0.5, 0.6) is 0 Å². The Hall–Kier alpha value is -2.70. The van der Waals surface area contributed by atoms with E-state index in [2.05, 4.69) is 5.32 Å². The van der Waals surface area contributed by atoms with E-state index >= 15 is 0 Å². The first-order valence-electron chi connectivity index (χ1n) is 5.55. The maximum absolute atomic E-state index is 13.5. The van der Waals surface area contributed by atoms with Crippen LogP contribution in [-0.2, 0) is 9.59 Å². The summed E-state index contributed by atoms with van der Waals surface area (Å²) in [5.41, 5.74) is 4.60. The van der Waals surface area contributed by atoms with E-state index in [0.717, 1.165) is 12.1 Å². The number of anilines is 1. The van der Waals surface area contributed by atoms with Crippen LogP contribution < -0.4 is 11.1 Å². The highest BCUT2D eigenvalue weighted by Crippen LogP contribution is 2.17. The summed E-state index contributed by atoms with van der Waals surface area (Å²) in [6.07, 6.45) is 0. The van der Waals surface area contributed by atoms with E-state index in [1.54, 1.807) is 0 Å². The number of halogens is 1. The molecule has 0 aliphatic heterocycles. The van der Waals surface area contributed by atoms with Crippen LogP contribution in [0.1, 0.15) is 24.2 Å². The van der Waals surface area contributed by atoms with Crippen molar-refractivity contribution in [1.82, 2.24) is 0 Å². The zero-order chi connectivity index (χ0) is 15.4. The van der Waals surface area contributed by atoms with Crippen LogP contribution in [0.2, 0.25) is 0 Å². The molecule has 6 nitrogen and oxygen atoms in total. The molecule has 4 N–H and O–H groups in total. The fraction of sp³-hybridized carbons (Fsp3) is 0.154. The molecule has 2 amide bonds. The molecule has 0 spiro atoms. The Morgan fingerprint density at radius 1 is 1.20 bits per heavy atom. The summed E-state index contributed by atoms with van der Waals surface area (Å²) in [6, 6.07) is 3.25. The van der Waals surface area contributed by atoms with Crippen molar-refractivity contribution in [3.8, 4) is 0 Å². The Bertz CT molecular complexity index is 623. The number of carboxylic acids is 1. The van der Waals surface area contributed by atoms with Crippen molar-refractivity contribution in [1.29, 1.82) is 0 Å². The molecule has 0 saturated carbocycles. The van der Waals surface area contributed by atoms with E-state index in [4.69, 9.17) is 10.8 Å². The Labute approximate surface area is 114 Å². The van der Waals surface area contributed by atoms with Crippen LogP contribution >= 0.6 is 0 Å². The number of carboxylic acid groups (broad SMARTS) is 1. The number of carbonyl (C=O) groups is 3. The number of hydrogen-bond acceptors (Lipinski definition) is 3. The van der Waals surface area contributed by atoms with E-state index in [1.165, 1.54) is 19.9 Å². The number of carbonyl (C=O) groups excluding carboxylic acids is 2. The molecule has 0 heterocycles. The van der Waals surface area contributed by atoms with Gasteiger partial charge in [0.1, 0.15) is 5.82 Å². The SMILES string of the molecule is CC(C(=O)O)=C(C)C(=O)Nc1cc(C(N)=O)ccc1F. The van der Waals surface area contributed by atoms with Gasteiger partial charge in [-0.3, -0.25) is 9.59 Å². The smallest absolute Gasteiger partial charge is 0.331 e. The number of benzene rings is 1. The number of nitrogens with two attached hydrogens (primary N) is 1. The highest BCUT2D eigenvalue weighted by molar-refractivity contribution is 6.08. The fourth-order valence-corrected chi connectivity index (χ4v) is 1.32. The molecule has 0 radical (unpaired) electrons. The van der Waals surface area contributed by atoms with Gasteiger partial charge in [-0.1, -0.05) is 0 Å². The maximum Gasteiger partial charge on any atom is 0.331 e. The summed E-state index contributed by atoms with van der Waals surface area (Å²) < 4.78 is 13.5. The van der Waals surface area contributed by atoms with Crippen LogP contribution in [0.15, 0.2) is 29.3 Å². The number of hydrogen-bond donors (Lipinski definition) is 3. The molecule has 1 aromatic rings. The second kappa shape index (κ2) is 5.96. The van der Waals surface area contributed by atoms with Gasteiger partial charge in [0.15, 0.2) is 0 Å². The molecule has 0 aromatic heterocycles. The van der Waals surface area contributed by atoms with Crippen molar-refractivity contribution in [3.63, 3.8) is 0 Å². The van der Waals surface area contributed by atoms with Gasteiger partial charge >= 0.3 is 5.97 Å². The lowest BCUT2D eigenvalue weighted by Gasteiger charge is -2.09. The van der Waals surface area contributed by atoms with Gasteiger partial charge in [0.05, 0.1) is 5.69 Å². The lowest BCUT2D eigenvalue weighted by atomic mass is 10.1. The molecule has 1 aromatic carbocycles. The molecule has 0 bridgehead atoms. The van der Waals surface area contributed by atoms with Crippen LogP contribution in [0.25, 0.3) is 0 Å². The number of primary amides is 1. The minimum absolute atomic E-state index is 0.0262. The third-order valence-electron chi connectivity index (χ3n) is 2.72. The predicted molar refractivity (Wildman–Crippen MR) is 69.6 cm³/mol. The molecule has 0 atom stereocenters. The molecular weight excluding hydrogens is 267 g/mol. The monoisotopic (exact) mass is 280 g/mol. The third-order valence-corrected chi connectivity index (χ3v) is 2.72. The zero-order valence-electron chi connectivity index (χ0n) is 10.9. The van der Waals surface area contributed by atoms with Gasteiger partial charge < -0.3 is 16.2 Å². The molecule has 7 heteroatoms. The highest BCUT2D eigenvalue weighted by atomic mass is 19.1. The predicted octanol–water partition coefficient (Wildman–Crippen LogP) is 1.28. The van der Waals surface area contributed by atoms with Gasteiger partial charge in [0, 0.05) is 16.7 Å². The lowest BCUT2D eigenvalue weighted by molar-refractivity contribution is -0.133. The molecule has 0 saturated heterocycles. The number of rotatable bonds is 4. The standard InChI is InChI=1S/C13H13FN2O4/c1-6(7(2)13(19)20)12(18)16-10-5-8(11(15)17)3-4-9(10)14/h3-5H,1-2H3,(H2,15,17)(H,16,18)(H,19,20). The Morgan fingerprint density at radius 3 is 2.30 bits per heavy atom. The van der Waals surface area contributed by atoms with Gasteiger partial charge in [-0.05, 0) is 32.0 Å². The highest BCUT2D eigenvalue weighted by Gasteiger charge is 2.15. The maximum atomic E-state index is 13.5. The first kappa shape index (κ1) is 15.4. The van der Waals surface area contributed by atoms with E-state index in [0.29, 0.717) is 0 Å². The van der Waals surface area contributed by atoms with E-state index in [9.17, 15) is 18.8 Å². The number of nitrogens with one attached hydrogen (secondary N) is 1. The average Bonchev–Trinajstić information content (AvgIpc) is 2.38. The molecule has 0 aliphatic carbocycles. The first-order chi connectivity index (χ1) is 9.23. The summed E-state index contributed by atoms with van der Waals surface area (Å²) >= 11 is 0. The second-order valence-corrected chi connectivity index (χ2v) is 4.07. The molecule has 0 fully saturated rings. The topological polar surface area (TPSA) is 109 Å². The van der Waals surface area contributed by atoms with Gasteiger partial charge in [0.25, 0.3) is 5.91 Å². The second-order valence-electron chi connectivity index (χ2n) is 4.07. The fourth-order valence-electron chi connectivity index (χ4n) is 1.32. The van der Waals surface area contributed by atoms with Crippen molar-refractivity contribution in [2.24, 2.45) is 5.73 Å². The molecule has 106 valence electrons. The minimum Gasteiger partial charge on any atom is -0.478 e. The van der Waals surface area contributed by atoms with Gasteiger partial charge in [-0.2, -0.15) is 0 Å². The third kappa shape index (κ3) is 3.41. The van der Waals surface area contributed by atoms with Crippen LogP contribution in [-0.4, -0.2) is 22.9 Å². The Kier molecular flexibility index (Phi) is 4.58.